The molecule has 106 valence electrons. The van der Waals surface area contributed by atoms with E-state index in [1.165, 1.54) is 24.1 Å². The van der Waals surface area contributed by atoms with Gasteiger partial charge in [0.15, 0.2) is 0 Å². The van der Waals surface area contributed by atoms with Crippen LogP contribution in [-0.4, -0.2) is 16.4 Å². The zero-order chi connectivity index (χ0) is 13.7. The van der Waals surface area contributed by atoms with Gasteiger partial charge in [-0.3, -0.25) is 4.99 Å². The zero-order valence-electron chi connectivity index (χ0n) is 12.1. The number of rotatable bonds is 2. The first-order valence-corrected chi connectivity index (χ1v) is 7.98. The number of aliphatic imine (C=N–C) groups is 1. The van der Waals surface area contributed by atoms with Gasteiger partial charge in [0.25, 0.3) is 0 Å². The van der Waals surface area contributed by atoms with Crippen molar-refractivity contribution in [1.82, 2.24) is 0 Å². The van der Waals surface area contributed by atoms with E-state index < -0.39 is 0 Å². The lowest BCUT2D eigenvalue weighted by Crippen LogP contribution is -2.55. The van der Waals surface area contributed by atoms with Gasteiger partial charge in [0.2, 0.25) is 0 Å². The average molecular weight is 269 g/mol. The molecule has 2 nitrogen and oxygen atoms in total. The van der Waals surface area contributed by atoms with Crippen LogP contribution in [-0.2, 0) is 0 Å². The van der Waals surface area contributed by atoms with E-state index in [-0.39, 0.29) is 11.6 Å². The summed E-state index contributed by atoms with van der Waals surface area (Å²) in [6.45, 7) is 2.20. The van der Waals surface area contributed by atoms with Gasteiger partial charge >= 0.3 is 0 Å². The molecule has 0 spiro atoms. The number of aliphatic hydroxyl groups is 1. The van der Waals surface area contributed by atoms with Crippen LogP contribution in [0.4, 0.5) is 0 Å². The Morgan fingerprint density at radius 2 is 1.75 bits per heavy atom. The second kappa shape index (κ2) is 4.42. The molecule has 3 atom stereocenters. The fraction of sp³-hybridized carbons (Fsp3) is 0.611. The van der Waals surface area contributed by atoms with Crippen LogP contribution in [0, 0.1) is 17.8 Å². The zero-order valence-corrected chi connectivity index (χ0v) is 12.1. The van der Waals surface area contributed by atoms with Gasteiger partial charge in [0, 0.05) is 17.5 Å². The number of nitrogens with zero attached hydrogens (tertiary/aromatic N) is 1. The monoisotopic (exact) mass is 269 g/mol. The predicted molar refractivity (Wildman–Crippen MR) is 80.8 cm³/mol. The van der Waals surface area contributed by atoms with Crippen molar-refractivity contribution >= 4 is 5.71 Å². The van der Waals surface area contributed by atoms with Crippen LogP contribution in [0.3, 0.4) is 0 Å². The molecule has 0 saturated heterocycles. The highest BCUT2D eigenvalue weighted by atomic mass is 16.3. The van der Waals surface area contributed by atoms with Crippen LogP contribution in [0.25, 0.3) is 0 Å². The third-order valence-electron chi connectivity index (χ3n) is 5.62. The molecule has 4 fully saturated rings. The van der Waals surface area contributed by atoms with Gasteiger partial charge in [-0.05, 0) is 50.5 Å². The normalized spacial score (nSPS) is 39.9. The Labute approximate surface area is 120 Å². The summed E-state index contributed by atoms with van der Waals surface area (Å²) in [7, 11) is 0. The Hall–Kier alpha value is -1.15. The molecule has 4 saturated carbocycles. The van der Waals surface area contributed by atoms with Crippen molar-refractivity contribution in [2.24, 2.45) is 22.7 Å². The minimum absolute atomic E-state index is 0.248. The molecule has 1 N–H and O–H groups in total. The lowest BCUT2D eigenvalue weighted by molar-refractivity contribution is -0.0825. The van der Waals surface area contributed by atoms with Crippen molar-refractivity contribution < 1.29 is 5.11 Å². The Morgan fingerprint density at radius 3 is 2.35 bits per heavy atom. The summed E-state index contributed by atoms with van der Waals surface area (Å²) in [4.78, 5) is 5.08. The molecule has 5 rings (SSSR count). The fourth-order valence-corrected chi connectivity index (χ4v) is 4.96. The van der Waals surface area contributed by atoms with Gasteiger partial charge < -0.3 is 5.11 Å². The van der Waals surface area contributed by atoms with Gasteiger partial charge in [-0.1, -0.05) is 30.3 Å². The fourth-order valence-electron chi connectivity index (χ4n) is 4.96. The van der Waals surface area contributed by atoms with Gasteiger partial charge in [0.1, 0.15) is 0 Å². The van der Waals surface area contributed by atoms with Gasteiger partial charge in [-0.15, -0.1) is 0 Å². The summed E-state index contributed by atoms with van der Waals surface area (Å²) in [5.41, 5.74) is 2.36. The Bertz CT molecular complexity index is 518. The van der Waals surface area contributed by atoms with Crippen molar-refractivity contribution in [3.63, 3.8) is 0 Å². The summed E-state index contributed by atoms with van der Waals surface area (Å²) < 4.78 is 0. The number of benzene rings is 1. The van der Waals surface area contributed by atoms with E-state index in [1.807, 2.05) is 0 Å². The maximum absolute atomic E-state index is 10.6. The summed E-state index contributed by atoms with van der Waals surface area (Å²) >= 11 is 0. The summed E-state index contributed by atoms with van der Waals surface area (Å²) in [6, 6.07) is 10.8. The first kappa shape index (κ1) is 12.6. The van der Waals surface area contributed by atoms with E-state index >= 15 is 0 Å². The third-order valence-corrected chi connectivity index (χ3v) is 5.62. The first-order chi connectivity index (χ1) is 9.63. The molecule has 0 radical (unpaired) electrons. The van der Waals surface area contributed by atoms with E-state index in [2.05, 4.69) is 37.3 Å². The third kappa shape index (κ3) is 2.01. The van der Waals surface area contributed by atoms with Crippen LogP contribution < -0.4 is 0 Å². The van der Waals surface area contributed by atoms with Crippen LogP contribution in [0.2, 0.25) is 0 Å². The van der Waals surface area contributed by atoms with Crippen molar-refractivity contribution in [3.8, 4) is 0 Å². The minimum atomic E-state index is -0.356. The second-order valence-electron chi connectivity index (χ2n) is 7.21. The smallest absolute Gasteiger partial charge is 0.0720 e. The van der Waals surface area contributed by atoms with E-state index in [0.717, 1.165) is 25.2 Å². The molecule has 1 aromatic carbocycles. The highest BCUT2D eigenvalue weighted by molar-refractivity contribution is 5.91. The Kier molecular flexibility index (Phi) is 2.78. The van der Waals surface area contributed by atoms with Crippen molar-refractivity contribution in [3.05, 3.63) is 35.9 Å². The highest BCUT2D eigenvalue weighted by Gasteiger charge is 2.53. The Balaban J connectivity index is 1.62. The van der Waals surface area contributed by atoms with Crippen LogP contribution in [0.1, 0.15) is 50.6 Å². The molecule has 1 aromatic rings. The lowest BCUT2D eigenvalue weighted by atomic mass is 9.53. The molecule has 20 heavy (non-hydrogen) atoms. The molecule has 0 heterocycles. The molecule has 3 unspecified atom stereocenters. The van der Waals surface area contributed by atoms with Gasteiger partial charge in [-0.2, -0.15) is 0 Å². The van der Waals surface area contributed by atoms with Crippen LogP contribution in [0.15, 0.2) is 35.3 Å². The van der Waals surface area contributed by atoms with E-state index in [0.29, 0.717) is 11.8 Å². The molecular formula is C18H23NO. The van der Waals surface area contributed by atoms with E-state index in [9.17, 15) is 5.11 Å². The van der Waals surface area contributed by atoms with Crippen LogP contribution in [0.5, 0.6) is 0 Å². The topological polar surface area (TPSA) is 32.6 Å². The summed E-state index contributed by atoms with van der Waals surface area (Å²) in [5.74, 6) is 1.86. The molecule has 4 aliphatic carbocycles. The largest absolute Gasteiger partial charge is 0.390 e. The quantitative estimate of drug-likeness (QED) is 0.871. The van der Waals surface area contributed by atoms with E-state index in [4.69, 9.17) is 4.99 Å². The predicted octanol–water partition coefficient (Wildman–Crippen LogP) is 3.76. The lowest BCUT2D eigenvalue weighted by Gasteiger charge is -2.55. The van der Waals surface area contributed by atoms with Crippen LogP contribution >= 0.6 is 0 Å². The molecule has 0 aliphatic heterocycles. The molecule has 2 heteroatoms. The van der Waals surface area contributed by atoms with Crippen molar-refractivity contribution in [1.29, 1.82) is 0 Å². The molecule has 4 aliphatic rings. The first-order valence-electron chi connectivity index (χ1n) is 7.98. The maximum Gasteiger partial charge on any atom is 0.0720 e. The Morgan fingerprint density at radius 1 is 1.10 bits per heavy atom. The highest BCUT2D eigenvalue weighted by Crippen LogP contribution is 2.54. The summed E-state index contributed by atoms with van der Waals surface area (Å²) in [5, 5.41) is 10.6. The number of hydrogen-bond donors (Lipinski definition) is 1. The van der Waals surface area contributed by atoms with Gasteiger partial charge in [-0.25, -0.2) is 0 Å². The number of hydrogen-bond acceptors (Lipinski definition) is 2. The van der Waals surface area contributed by atoms with E-state index in [1.54, 1.807) is 0 Å². The summed E-state index contributed by atoms with van der Waals surface area (Å²) in [6.07, 6.45) is 5.49. The molecular weight excluding hydrogens is 246 g/mol. The van der Waals surface area contributed by atoms with Gasteiger partial charge in [0.05, 0.1) is 11.6 Å². The molecule has 0 aromatic heterocycles. The van der Waals surface area contributed by atoms with Crippen molar-refractivity contribution in [2.45, 2.75) is 50.7 Å². The maximum atomic E-state index is 10.6. The molecule has 0 amide bonds. The SMILES string of the molecule is CC(N=C1C2CC3CC1CC(O)(C3)C2)c1ccccc1. The standard InChI is InChI=1S/C18H23NO/c1-12(14-5-3-2-4-6-14)19-17-15-7-13-8-16(17)11-18(20,9-13)10-15/h2-6,12-13,15-16,20H,7-11H2,1H3. The second-order valence-corrected chi connectivity index (χ2v) is 7.21. The molecule has 4 bridgehead atoms. The van der Waals surface area contributed by atoms with Crippen molar-refractivity contribution in [2.75, 3.05) is 0 Å². The average Bonchev–Trinajstić information content (AvgIpc) is 2.42. The minimum Gasteiger partial charge on any atom is -0.390 e.